The highest BCUT2D eigenvalue weighted by atomic mass is 19.4. The van der Waals surface area contributed by atoms with Gasteiger partial charge in [0.15, 0.2) is 0 Å². The average molecular weight is 301 g/mol. The zero-order valence-electron chi connectivity index (χ0n) is 11.7. The molecule has 21 heavy (non-hydrogen) atoms. The third-order valence-corrected chi connectivity index (χ3v) is 3.15. The molecule has 2 rings (SSSR count). The summed E-state index contributed by atoms with van der Waals surface area (Å²) in [7, 11) is 0. The quantitative estimate of drug-likeness (QED) is 0.883. The molecule has 1 heterocycles. The van der Waals surface area contributed by atoms with Crippen LogP contribution in [0, 0.1) is 0 Å². The lowest BCUT2D eigenvalue weighted by Crippen LogP contribution is -2.37. The molecular weight excluding hydrogens is 283 g/mol. The lowest BCUT2D eigenvalue weighted by molar-refractivity contribution is -0.148. The van der Waals surface area contributed by atoms with Gasteiger partial charge in [-0.15, -0.1) is 0 Å². The van der Waals surface area contributed by atoms with E-state index in [-0.39, 0.29) is 13.1 Å². The molecule has 2 aromatic rings. The van der Waals surface area contributed by atoms with E-state index in [0.717, 1.165) is 5.39 Å². The van der Waals surface area contributed by atoms with Crippen molar-refractivity contribution >= 4 is 11.0 Å². The van der Waals surface area contributed by atoms with Gasteiger partial charge in [0.2, 0.25) is 0 Å². The van der Waals surface area contributed by atoms with E-state index < -0.39 is 18.8 Å². The van der Waals surface area contributed by atoms with Crippen LogP contribution in [0.25, 0.3) is 11.0 Å². The number of nitrogens with zero attached hydrogens (tertiary/aromatic N) is 1. The van der Waals surface area contributed by atoms with Crippen LogP contribution in [0.2, 0.25) is 0 Å². The first-order chi connectivity index (χ1) is 9.89. The first-order valence-electron chi connectivity index (χ1n) is 6.84. The lowest BCUT2D eigenvalue weighted by atomic mass is 10.2. The van der Waals surface area contributed by atoms with Crippen LogP contribution in [0.3, 0.4) is 0 Å². The first-order valence-corrected chi connectivity index (χ1v) is 6.84. The predicted molar refractivity (Wildman–Crippen MR) is 74.0 cm³/mol. The van der Waals surface area contributed by atoms with Gasteiger partial charge in [0.25, 0.3) is 0 Å². The minimum Gasteiger partial charge on any atom is -0.458 e. The van der Waals surface area contributed by atoms with Crippen LogP contribution in [0.15, 0.2) is 34.7 Å². The van der Waals surface area contributed by atoms with Gasteiger partial charge in [-0.3, -0.25) is 4.90 Å². The van der Waals surface area contributed by atoms with Gasteiger partial charge in [0, 0.05) is 11.9 Å². The van der Waals surface area contributed by atoms with E-state index in [2.05, 4.69) is 0 Å². The number of benzene rings is 1. The number of hydrogen-bond donors (Lipinski definition) is 1. The fraction of sp³-hybridized carbons (Fsp3) is 0.467. The second-order valence-corrected chi connectivity index (χ2v) is 5.05. The lowest BCUT2D eigenvalue weighted by Gasteiger charge is -2.24. The van der Waals surface area contributed by atoms with E-state index in [1.807, 2.05) is 12.1 Å². The maximum absolute atomic E-state index is 12.5. The van der Waals surface area contributed by atoms with Crippen molar-refractivity contribution in [1.29, 1.82) is 0 Å². The van der Waals surface area contributed by atoms with E-state index in [0.29, 0.717) is 17.8 Å². The Morgan fingerprint density at radius 3 is 2.62 bits per heavy atom. The summed E-state index contributed by atoms with van der Waals surface area (Å²) in [6.07, 6.45) is -4.77. The first kappa shape index (κ1) is 15.9. The van der Waals surface area contributed by atoms with Gasteiger partial charge in [-0.2, -0.15) is 13.2 Å². The molecule has 0 spiro atoms. The zero-order chi connectivity index (χ0) is 15.5. The Balaban J connectivity index is 2.08. The van der Waals surface area contributed by atoms with Gasteiger partial charge < -0.3 is 9.52 Å². The third-order valence-electron chi connectivity index (χ3n) is 3.15. The number of halogens is 3. The van der Waals surface area contributed by atoms with E-state index >= 15 is 0 Å². The Morgan fingerprint density at radius 1 is 1.29 bits per heavy atom. The Hall–Kier alpha value is -1.53. The molecule has 0 aliphatic rings. The molecule has 0 radical (unpaired) electrons. The minimum atomic E-state index is -4.28. The monoisotopic (exact) mass is 301 g/mol. The Labute approximate surface area is 121 Å². The predicted octanol–water partition coefficient (Wildman–Crippen LogP) is 3.74. The van der Waals surface area contributed by atoms with Crippen molar-refractivity contribution in [2.45, 2.75) is 25.6 Å². The van der Waals surface area contributed by atoms with Crippen LogP contribution in [0.4, 0.5) is 13.2 Å². The Kier molecular flexibility index (Phi) is 4.90. The number of para-hydroxylation sites is 1. The highest BCUT2D eigenvalue weighted by Crippen LogP contribution is 2.25. The number of hydrogen-bond acceptors (Lipinski definition) is 3. The number of furan rings is 1. The summed E-state index contributed by atoms with van der Waals surface area (Å²) in [6.45, 7) is 0.943. The maximum Gasteiger partial charge on any atom is 0.401 e. The van der Waals surface area contributed by atoms with E-state index in [1.54, 1.807) is 25.1 Å². The second-order valence-electron chi connectivity index (χ2n) is 5.05. The Morgan fingerprint density at radius 2 is 2.00 bits per heavy atom. The van der Waals surface area contributed by atoms with Crippen LogP contribution in [-0.4, -0.2) is 35.8 Å². The molecule has 0 aliphatic heterocycles. The summed E-state index contributed by atoms with van der Waals surface area (Å²) < 4.78 is 43.0. The van der Waals surface area contributed by atoms with Gasteiger partial charge in [-0.25, -0.2) is 0 Å². The minimum absolute atomic E-state index is 0.104. The van der Waals surface area contributed by atoms with Crippen LogP contribution < -0.4 is 0 Å². The van der Waals surface area contributed by atoms with Crippen molar-refractivity contribution < 1.29 is 22.7 Å². The molecule has 3 nitrogen and oxygen atoms in total. The normalized spacial score (nSPS) is 14.0. The van der Waals surface area contributed by atoms with Gasteiger partial charge in [-0.05, 0) is 25.1 Å². The van der Waals surface area contributed by atoms with Crippen molar-refractivity contribution in [3.05, 3.63) is 36.1 Å². The van der Waals surface area contributed by atoms with Gasteiger partial charge in [-0.1, -0.05) is 25.1 Å². The van der Waals surface area contributed by atoms with Crippen molar-refractivity contribution in [3.8, 4) is 0 Å². The van der Waals surface area contributed by atoms with Crippen molar-refractivity contribution in [1.82, 2.24) is 4.90 Å². The summed E-state index contributed by atoms with van der Waals surface area (Å²) >= 11 is 0. The molecule has 6 heteroatoms. The topological polar surface area (TPSA) is 36.6 Å². The largest absolute Gasteiger partial charge is 0.458 e. The molecule has 1 aromatic carbocycles. The summed E-state index contributed by atoms with van der Waals surface area (Å²) in [5.74, 6) is 0.291. The molecule has 1 unspecified atom stereocenters. The smallest absolute Gasteiger partial charge is 0.401 e. The van der Waals surface area contributed by atoms with Crippen LogP contribution in [0.1, 0.15) is 25.2 Å². The van der Waals surface area contributed by atoms with Crippen molar-refractivity contribution in [3.63, 3.8) is 0 Å². The molecule has 0 fully saturated rings. The number of fused-ring (bicyclic) bond motifs is 1. The van der Waals surface area contributed by atoms with Gasteiger partial charge >= 0.3 is 6.18 Å². The second kappa shape index (κ2) is 6.49. The van der Waals surface area contributed by atoms with E-state index in [1.165, 1.54) is 4.90 Å². The molecule has 1 aromatic heterocycles. The van der Waals surface area contributed by atoms with Gasteiger partial charge in [0.1, 0.15) is 17.4 Å². The number of alkyl halides is 3. The van der Waals surface area contributed by atoms with Crippen LogP contribution in [0.5, 0.6) is 0 Å². The van der Waals surface area contributed by atoms with Crippen molar-refractivity contribution in [2.75, 3.05) is 19.6 Å². The summed E-state index contributed by atoms with van der Waals surface area (Å²) in [5, 5.41) is 10.9. The molecule has 0 amide bonds. The number of aliphatic hydroxyl groups is 1. The highest BCUT2D eigenvalue weighted by Gasteiger charge is 2.31. The maximum atomic E-state index is 12.5. The summed E-state index contributed by atoms with van der Waals surface area (Å²) in [6, 6.07) is 8.88. The molecule has 0 saturated heterocycles. The highest BCUT2D eigenvalue weighted by molar-refractivity contribution is 5.77. The number of aliphatic hydroxyl groups excluding tert-OH is 1. The number of rotatable bonds is 6. The third kappa shape index (κ3) is 4.47. The molecule has 0 aliphatic carbocycles. The fourth-order valence-corrected chi connectivity index (χ4v) is 2.31. The fourth-order valence-electron chi connectivity index (χ4n) is 2.31. The standard InChI is InChI=1S/C15H18F3NO2/c1-2-7-19(10-15(16,17)18)9-12(20)14-8-11-5-3-4-6-13(11)21-14/h3-6,8,12,20H,2,7,9-10H2,1H3. The van der Waals surface area contributed by atoms with Crippen LogP contribution in [-0.2, 0) is 0 Å². The van der Waals surface area contributed by atoms with E-state index in [9.17, 15) is 18.3 Å². The SMILES string of the molecule is CCCN(CC(O)c1cc2ccccc2o1)CC(F)(F)F. The average Bonchev–Trinajstić information content (AvgIpc) is 2.80. The molecule has 1 N–H and O–H groups in total. The summed E-state index contributed by atoms with van der Waals surface area (Å²) in [5.41, 5.74) is 0.615. The van der Waals surface area contributed by atoms with Crippen molar-refractivity contribution in [2.24, 2.45) is 0 Å². The molecule has 1 atom stereocenters. The van der Waals surface area contributed by atoms with Crippen LogP contribution >= 0.6 is 0 Å². The Bertz CT molecular complexity index is 547. The zero-order valence-corrected chi connectivity index (χ0v) is 11.7. The van der Waals surface area contributed by atoms with E-state index in [4.69, 9.17) is 4.42 Å². The molecule has 0 bridgehead atoms. The molecular formula is C15H18F3NO2. The molecule has 116 valence electrons. The van der Waals surface area contributed by atoms with Gasteiger partial charge in [0.05, 0.1) is 6.54 Å². The summed E-state index contributed by atoms with van der Waals surface area (Å²) in [4.78, 5) is 1.19. The molecule has 0 saturated carbocycles.